The number of para-hydroxylation sites is 1. The molecule has 0 saturated carbocycles. The van der Waals surface area contributed by atoms with Crippen molar-refractivity contribution in [1.82, 2.24) is 0 Å². The summed E-state index contributed by atoms with van der Waals surface area (Å²) in [4.78, 5) is 0. The third-order valence-corrected chi connectivity index (χ3v) is 3.51. The van der Waals surface area contributed by atoms with E-state index in [1.807, 2.05) is 25.1 Å². The number of benzene rings is 1. The van der Waals surface area contributed by atoms with Crippen molar-refractivity contribution in [3.8, 4) is 5.75 Å². The van der Waals surface area contributed by atoms with Gasteiger partial charge in [-0.05, 0) is 30.9 Å². The lowest BCUT2D eigenvalue weighted by Crippen LogP contribution is -2.17. The van der Waals surface area contributed by atoms with Gasteiger partial charge in [0.1, 0.15) is 11.6 Å². The van der Waals surface area contributed by atoms with Gasteiger partial charge in [-0.1, -0.05) is 45.2 Å². The monoisotopic (exact) mass is 262 g/mol. The maximum atomic E-state index is 7.61. The van der Waals surface area contributed by atoms with Crippen LogP contribution in [0.15, 0.2) is 18.2 Å². The van der Waals surface area contributed by atoms with Gasteiger partial charge in [0.15, 0.2) is 0 Å². The van der Waals surface area contributed by atoms with Crippen LogP contribution in [0.3, 0.4) is 0 Å². The number of nitrogens with one attached hydrogen (secondary N) is 1. The Labute approximate surface area is 116 Å². The molecule has 0 aliphatic carbocycles. The number of nitrogen functional groups attached to an aromatic ring is 1. The summed E-state index contributed by atoms with van der Waals surface area (Å²) in [5.74, 6) is 1.42. The molecule has 3 nitrogen and oxygen atoms in total. The van der Waals surface area contributed by atoms with E-state index in [0.29, 0.717) is 18.1 Å². The molecular formula is C16H26N2O. The van der Waals surface area contributed by atoms with Crippen LogP contribution in [0, 0.1) is 18.3 Å². The van der Waals surface area contributed by atoms with Gasteiger partial charge in [-0.25, -0.2) is 0 Å². The van der Waals surface area contributed by atoms with Gasteiger partial charge in [-0.3, -0.25) is 5.41 Å². The summed E-state index contributed by atoms with van der Waals surface area (Å²) in [5, 5.41) is 7.61. The summed E-state index contributed by atoms with van der Waals surface area (Å²) in [7, 11) is 0. The number of hydrogen-bond donors (Lipinski definition) is 2. The molecule has 3 heteroatoms. The molecule has 3 N–H and O–H groups in total. The second kappa shape index (κ2) is 7.82. The van der Waals surface area contributed by atoms with Crippen LogP contribution in [0.4, 0.5) is 0 Å². The van der Waals surface area contributed by atoms with Crippen molar-refractivity contribution >= 4 is 5.84 Å². The number of rotatable bonds is 8. The van der Waals surface area contributed by atoms with E-state index in [1.54, 1.807) is 0 Å². The van der Waals surface area contributed by atoms with E-state index in [9.17, 15) is 0 Å². The van der Waals surface area contributed by atoms with E-state index >= 15 is 0 Å². The molecule has 0 spiro atoms. The van der Waals surface area contributed by atoms with Gasteiger partial charge in [-0.15, -0.1) is 0 Å². The summed E-state index contributed by atoms with van der Waals surface area (Å²) in [6, 6.07) is 5.75. The Balaban J connectivity index is 2.73. The number of ether oxygens (including phenoxy) is 1. The maximum absolute atomic E-state index is 7.61. The molecule has 0 saturated heterocycles. The van der Waals surface area contributed by atoms with Crippen LogP contribution in [-0.2, 0) is 0 Å². The first-order valence-corrected chi connectivity index (χ1v) is 7.16. The third kappa shape index (κ3) is 4.58. The Morgan fingerprint density at radius 3 is 2.68 bits per heavy atom. The molecule has 0 aliphatic heterocycles. The number of unbranched alkanes of at least 4 members (excludes halogenated alkanes) is 1. The highest BCUT2D eigenvalue weighted by molar-refractivity contribution is 5.98. The van der Waals surface area contributed by atoms with Crippen molar-refractivity contribution in [2.45, 2.75) is 46.5 Å². The lowest BCUT2D eigenvalue weighted by Gasteiger charge is -2.18. The van der Waals surface area contributed by atoms with Crippen LogP contribution in [0.2, 0.25) is 0 Å². The molecule has 1 aromatic carbocycles. The van der Waals surface area contributed by atoms with E-state index in [-0.39, 0.29) is 5.84 Å². The zero-order valence-corrected chi connectivity index (χ0v) is 12.3. The first-order valence-electron chi connectivity index (χ1n) is 7.16. The van der Waals surface area contributed by atoms with E-state index in [2.05, 4.69) is 13.8 Å². The zero-order valence-electron chi connectivity index (χ0n) is 12.3. The lowest BCUT2D eigenvalue weighted by molar-refractivity contribution is 0.232. The number of amidine groups is 1. The van der Waals surface area contributed by atoms with Gasteiger partial charge < -0.3 is 10.5 Å². The van der Waals surface area contributed by atoms with Gasteiger partial charge in [0, 0.05) is 0 Å². The molecule has 0 fully saturated rings. The summed E-state index contributed by atoms with van der Waals surface area (Å²) >= 11 is 0. The number of hydrogen-bond acceptors (Lipinski definition) is 2. The van der Waals surface area contributed by atoms with Gasteiger partial charge >= 0.3 is 0 Å². The molecule has 0 aromatic heterocycles. The first kappa shape index (κ1) is 15.5. The van der Waals surface area contributed by atoms with Gasteiger partial charge in [-0.2, -0.15) is 0 Å². The Hall–Kier alpha value is -1.51. The van der Waals surface area contributed by atoms with Crippen LogP contribution >= 0.6 is 0 Å². The topological polar surface area (TPSA) is 59.1 Å². The van der Waals surface area contributed by atoms with Crippen LogP contribution in [-0.4, -0.2) is 12.4 Å². The predicted molar refractivity (Wildman–Crippen MR) is 81.0 cm³/mol. The fourth-order valence-electron chi connectivity index (χ4n) is 2.16. The average molecular weight is 262 g/mol. The Bertz CT molecular complexity index is 415. The summed E-state index contributed by atoms with van der Waals surface area (Å²) < 4.78 is 5.96. The average Bonchev–Trinajstić information content (AvgIpc) is 2.40. The zero-order chi connectivity index (χ0) is 14.3. The minimum Gasteiger partial charge on any atom is -0.492 e. The van der Waals surface area contributed by atoms with Gasteiger partial charge in [0.05, 0.1) is 12.2 Å². The molecule has 106 valence electrons. The highest BCUT2D eigenvalue weighted by Crippen LogP contribution is 2.24. The molecule has 0 amide bonds. The minimum atomic E-state index is 0.0697. The Kier molecular flexibility index (Phi) is 6.40. The van der Waals surface area contributed by atoms with Crippen molar-refractivity contribution in [2.24, 2.45) is 11.7 Å². The molecule has 0 heterocycles. The summed E-state index contributed by atoms with van der Waals surface area (Å²) in [5.41, 5.74) is 7.35. The Morgan fingerprint density at radius 2 is 2.11 bits per heavy atom. The Morgan fingerprint density at radius 1 is 1.37 bits per heavy atom. The molecule has 0 radical (unpaired) electrons. The van der Waals surface area contributed by atoms with Crippen LogP contribution in [0.5, 0.6) is 5.75 Å². The molecule has 1 rings (SSSR count). The van der Waals surface area contributed by atoms with Crippen molar-refractivity contribution in [3.05, 3.63) is 29.3 Å². The quantitative estimate of drug-likeness (QED) is 0.552. The van der Waals surface area contributed by atoms with Gasteiger partial charge in [0.2, 0.25) is 0 Å². The molecular weight excluding hydrogens is 236 g/mol. The first-order chi connectivity index (χ1) is 9.10. The van der Waals surface area contributed by atoms with E-state index in [0.717, 1.165) is 17.7 Å². The molecule has 1 atom stereocenters. The second-order valence-electron chi connectivity index (χ2n) is 5.09. The molecule has 1 unspecified atom stereocenters. The van der Waals surface area contributed by atoms with Crippen LogP contribution in [0.25, 0.3) is 0 Å². The maximum Gasteiger partial charge on any atom is 0.133 e. The molecule has 19 heavy (non-hydrogen) atoms. The highest BCUT2D eigenvalue weighted by atomic mass is 16.5. The third-order valence-electron chi connectivity index (χ3n) is 3.51. The molecule has 1 aromatic rings. The molecule has 0 aliphatic rings. The van der Waals surface area contributed by atoms with E-state index in [4.69, 9.17) is 15.9 Å². The second-order valence-corrected chi connectivity index (χ2v) is 5.09. The predicted octanol–water partition coefficient (Wildman–Crippen LogP) is 3.87. The van der Waals surface area contributed by atoms with Crippen LogP contribution in [0.1, 0.15) is 50.7 Å². The highest BCUT2D eigenvalue weighted by Gasteiger charge is 2.12. The van der Waals surface area contributed by atoms with Crippen molar-refractivity contribution in [2.75, 3.05) is 6.61 Å². The minimum absolute atomic E-state index is 0.0697. The van der Waals surface area contributed by atoms with Crippen molar-refractivity contribution in [3.63, 3.8) is 0 Å². The fourth-order valence-corrected chi connectivity index (χ4v) is 2.16. The lowest BCUT2D eigenvalue weighted by atomic mass is 10.0. The molecule has 0 bridgehead atoms. The largest absolute Gasteiger partial charge is 0.492 e. The standard InChI is InChI=1S/C16H26N2O/c1-4-6-9-13(5-2)11-19-15-12(3)8-7-10-14(15)16(17)18/h7-8,10,13H,4-6,9,11H2,1-3H3,(H3,17,18). The smallest absolute Gasteiger partial charge is 0.133 e. The SMILES string of the molecule is CCCCC(CC)COc1c(C)cccc1C(=N)N. The summed E-state index contributed by atoms with van der Waals surface area (Å²) in [6.45, 7) is 7.12. The fraction of sp³-hybridized carbons (Fsp3) is 0.562. The normalized spacial score (nSPS) is 12.2. The van der Waals surface area contributed by atoms with Crippen molar-refractivity contribution < 1.29 is 4.74 Å². The van der Waals surface area contributed by atoms with Gasteiger partial charge in [0.25, 0.3) is 0 Å². The van der Waals surface area contributed by atoms with E-state index < -0.39 is 0 Å². The van der Waals surface area contributed by atoms with Crippen molar-refractivity contribution in [1.29, 1.82) is 5.41 Å². The summed E-state index contributed by atoms with van der Waals surface area (Å²) in [6.07, 6.45) is 4.80. The number of nitrogens with two attached hydrogens (primary N) is 1. The van der Waals surface area contributed by atoms with Crippen LogP contribution < -0.4 is 10.5 Å². The number of aryl methyl sites for hydroxylation is 1. The van der Waals surface area contributed by atoms with E-state index in [1.165, 1.54) is 19.3 Å².